The third kappa shape index (κ3) is 5.67. The Morgan fingerprint density at radius 2 is 2.26 bits per heavy atom. The highest BCUT2D eigenvalue weighted by Gasteiger charge is 2.08. The largest absolute Gasteiger partial charge is 0.475 e. The van der Waals surface area contributed by atoms with E-state index in [0.29, 0.717) is 49.3 Å². The zero-order chi connectivity index (χ0) is 16.5. The lowest BCUT2D eigenvalue weighted by molar-refractivity contribution is 0.0952. The lowest BCUT2D eigenvalue weighted by atomic mass is 10.2. The smallest absolute Gasteiger partial charge is 0.251 e. The maximum absolute atomic E-state index is 12.1. The number of ether oxygens (including phenoxy) is 2. The molecule has 0 aliphatic heterocycles. The number of hydrogen-bond donors (Lipinski definition) is 1. The molecule has 2 heterocycles. The van der Waals surface area contributed by atoms with Gasteiger partial charge in [-0.25, -0.2) is 4.98 Å². The van der Waals surface area contributed by atoms with Gasteiger partial charge in [-0.05, 0) is 19.4 Å². The second-order valence-corrected chi connectivity index (χ2v) is 4.82. The van der Waals surface area contributed by atoms with Gasteiger partial charge < -0.3 is 19.3 Å². The van der Waals surface area contributed by atoms with Crippen LogP contribution in [0.25, 0.3) is 0 Å². The Hall–Kier alpha value is -2.48. The summed E-state index contributed by atoms with van der Waals surface area (Å²) in [6.45, 7) is 3.14. The topological polar surface area (TPSA) is 99.4 Å². The SMILES string of the molecule is COCCOc1cc(C(=O)NCCCc2nc(C)no2)ccn1. The molecule has 0 aliphatic rings. The van der Waals surface area contributed by atoms with Crippen LogP contribution in [-0.2, 0) is 11.2 Å². The minimum atomic E-state index is -0.175. The van der Waals surface area contributed by atoms with E-state index in [9.17, 15) is 4.79 Å². The summed E-state index contributed by atoms with van der Waals surface area (Å²) in [5, 5.41) is 6.55. The maximum Gasteiger partial charge on any atom is 0.251 e. The van der Waals surface area contributed by atoms with Gasteiger partial charge in [0.15, 0.2) is 5.82 Å². The molecular weight excluding hydrogens is 300 g/mol. The van der Waals surface area contributed by atoms with Crippen LogP contribution >= 0.6 is 0 Å². The van der Waals surface area contributed by atoms with Gasteiger partial charge in [-0.15, -0.1) is 0 Å². The molecule has 0 unspecified atom stereocenters. The molecular formula is C15H20N4O4. The predicted octanol–water partition coefficient (Wildman–Crippen LogP) is 1.16. The first kappa shape index (κ1) is 16.9. The van der Waals surface area contributed by atoms with E-state index in [1.54, 1.807) is 26.2 Å². The number of carbonyl (C=O) groups is 1. The number of hydrogen-bond acceptors (Lipinski definition) is 7. The number of rotatable bonds is 9. The van der Waals surface area contributed by atoms with Crippen molar-refractivity contribution in [3.8, 4) is 5.88 Å². The highest BCUT2D eigenvalue weighted by molar-refractivity contribution is 5.94. The zero-order valence-electron chi connectivity index (χ0n) is 13.2. The molecule has 0 spiro atoms. The van der Waals surface area contributed by atoms with Crippen LogP contribution in [0.1, 0.15) is 28.5 Å². The van der Waals surface area contributed by atoms with Gasteiger partial charge in [0.2, 0.25) is 11.8 Å². The van der Waals surface area contributed by atoms with Crippen LogP contribution in [0.4, 0.5) is 0 Å². The van der Waals surface area contributed by atoms with Crippen molar-refractivity contribution in [1.82, 2.24) is 20.4 Å². The number of aryl methyl sites for hydroxylation is 2. The Kier molecular flexibility index (Phi) is 6.49. The first-order chi connectivity index (χ1) is 11.2. The van der Waals surface area contributed by atoms with Gasteiger partial charge in [-0.3, -0.25) is 4.79 Å². The highest BCUT2D eigenvalue weighted by atomic mass is 16.5. The average molecular weight is 320 g/mol. The Bertz CT molecular complexity index is 629. The Morgan fingerprint density at radius 1 is 1.39 bits per heavy atom. The van der Waals surface area contributed by atoms with Gasteiger partial charge in [0.25, 0.3) is 5.91 Å². The first-order valence-corrected chi connectivity index (χ1v) is 7.34. The average Bonchev–Trinajstić information content (AvgIpc) is 2.97. The molecule has 0 saturated carbocycles. The summed E-state index contributed by atoms with van der Waals surface area (Å²) in [4.78, 5) is 20.2. The molecule has 23 heavy (non-hydrogen) atoms. The number of aromatic nitrogens is 3. The van der Waals surface area contributed by atoms with Gasteiger partial charge in [-0.1, -0.05) is 5.16 Å². The van der Waals surface area contributed by atoms with Crippen molar-refractivity contribution in [2.45, 2.75) is 19.8 Å². The van der Waals surface area contributed by atoms with E-state index in [4.69, 9.17) is 14.0 Å². The van der Waals surface area contributed by atoms with E-state index >= 15 is 0 Å². The number of amides is 1. The molecule has 8 heteroatoms. The van der Waals surface area contributed by atoms with Crippen molar-refractivity contribution in [1.29, 1.82) is 0 Å². The fourth-order valence-electron chi connectivity index (χ4n) is 1.84. The molecule has 2 aromatic heterocycles. The number of nitrogens with one attached hydrogen (secondary N) is 1. The Morgan fingerprint density at radius 3 is 3.00 bits per heavy atom. The van der Waals surface area contributed by atoms with E-state index in [1.165, 1.54) is 6.20 Å². The van der Waals surface area contributed by atoms with Crippen LogP contribution in [0.5, 0.6) is 5.88 Å². The number of nitrogens with zero attached hydrogens (tertiary/aromatic N) is 3. The van der Waals surface area contributed by atoms with E-state index in [1.807, 2.05) is 0 Å². The molecule has 0 aromatic carbocycles. The molecule has 8 nitrogen and oxygen atoms in total. The zero-order valence-corrected chi connectivity index (χ0v) is 13.2. The Balaban J connectivity index is 1.75. The van der Waals surface area contributed by atoms with E-state index in [2.05, 4.69) is 20.4 Å². The fourth-order valence-corrected chi connectivity index (χ4v) is 1.84. The molecule has 2 aromatic rings. The first-order valence-electron chi connectivity index (χ1n) is 7.34. The molecule has 0 fully saturated rings. The van der Waals surface area contributed by atoms with E-state index in [-0.39, 0.29) is 5.91 Å². The minimum Gasteiger partial charge on any atom is -0.475 e. The van der Waals surface area contributed by atoms with Gasteiger partial charge in [0, 0.05) is 37.9 Å². The predicted molar refractivity (Wildman–Crippen MR) is 81.3 cm³/mol. The molecule has 1 amide bonds. The summed E-state index contributed by atoms with van der Waals surface area (Å²) in [7, 11) is 1.59. The van der Waals surface area contributed by atoms with Crippen LogP contribution in [-0.4, -0.2) is 47.9 Å². The third-order valence-electron chi connectivity index (χ3n) is 2.96. The van der Waals surface area contributed by atoms with Gasteiger partial charge in [0.1, 0.15) is 6.61 Å². The van der Waals surface area contributed by atoms with E-state index in [0.717, 1.165) is 6.42 Å². The van der Waals surface area contributed by atoms with Crippen LogP contribution in [0.2, 0.25) is 0 Å². The standard InChI is InChI=1S/C15H20N4O4/c1-11-18-13(23-19-11)4-3-6-17-15(20)12-5-7-16-14(10-12)22-9-8-21-2/h5,7,10H,3-4,6,8-9H2,1-2H3,(H,17,20). The van der Waals surface area contributed by atoms with Crippen molar-refractivity contribution in [3.05, 3.63) is 35.6 Å². The minimum absolute atomic E-state index is 0.175. The summed E-state index contributed by atoms with van der Waals surface area (Å²) in [6.07, 6.45) is 2.89. The van der Waals surface area contributed by atoms with Gasteiger partial charge in [0.05, 0.1) is 6.61 Å². The molecule has 1 N–H and O–H groups in total. The molecule has 0 atom stereocenters. The molecule has 0 aliphatic carbocycles. The summed E-state index contributed by atoms with van der Waals surface area (Å²) < 4.78 is 15.3. The number of methoxy groups -OCH3 is 1. The molecule has 0 radical (unpaired) electrons. The molecule has 0 saturated heterocycles. The fraction of sp³-hybridized carbons (Fsp3) is 0.467. The van der Waals surface area contributed by atoms with E-state index < -0.39 is 0 Å². The van der Waals surface area contributed by atoms with Crippen molar-refractivity contribution in [2.75, 3.05) is 26.9 Å². The molecule has 2 rings (SSSR count). The van der Waals surface area contributed by atoms with Crippen LogP contribution in [0.3, 0.4) is 0 Å². The monoisotopic (exact) mass is 320 g/mol. The lowest BCUT2D eigenvalue weighted by Gasteiger charge is -2.07. The third-order valence-corrected chi connectivity index (χ3v) is 2.96. The van der Waals surface area contributed by atoms with Crippen molar-refractivity contribution in [2.24, 2.45) is 0 Å². The summed E-state index contributed by atoms with van der Waals surface area (Å²) in [6, 6.07) is 3.24. The van der Waals surface area contributed by atoms with Gasteiger partial charge >= 0.3 is 0 Å². The van der Waals surface area contributed by atoms with Crippen LogP contribution < -0.4 is 10.1 Å². The highest BCUT2D eigenvalue weighted by Crippen LogP contribution is 2.09. The second kappa shape index (κ2) is 8.84. The summed E-state index contributed by atoms with van der Waals surface area (Å²) in [5.74, 6) is 1.41. The molecule has 0 bridgehead atoms. The summed E-state index contributed by atoms with van der Waals surface area (Å²) >= 11 is 0. The van der Waals surface area contributed by atoms with Crippen molar-refractivity contribution in [3.63, 3.8) is 0 Å². The normalized spacial score (nSPS) is 10.5. The van der Waals surface area contributed by atoms with Crippen molar-refractivity contribution >= 4 is 5.91 Å². The lowest BCUT2D eigenvalue weighted by Crippen LogP contribution is -2.25. The maximum atomic E-state index is 12.1. The van der Waals surface area contributed by atoms with Gasteiger partial charge in [-0.2, -0.15) is 4.98 Å². The quantitative estimate of drug-likeness (QED) is 0.692. The van der Waals surface area contributed by atoms with Crippen LogP contribution in [0.15, 0.2) is 22.9 Å². The summed E-state index contributed by atoms with van der Waals surface area (Å²) in [5.41, 5.74) is 0.501. The number of carbonyl (C=O) groups excluding carboxylic acids is 1. The second-order valence-electron chi connectivity index (χ2n) is 4.82. The van der Waals surface area contributed by atoms with Crippen molar-refractivity contribution < 1.29 is 18.8 Å². The number of pyridine rings is 1. The molecule has 124 valence electrons. The van der Waals surface area contributed by atoms with Crippen LogP contribution in [0, 0.1) is 6.92 Å². The Labute approximate surface area is 134 Å².